The van der Waals surface area contributed by atoms with Crippen LogP contribution in [0, 0.1) is 0 Å². The van der Waals surface area contributed by atoms with Gasteiger partial charge in [-0.3, -0.25) is 0 Å². The Labute approximate surface area is 115 Å². The molecule has 0 heterocycles. The number of sulfonamides is 1. The predicted octanol–water partition coefficient (Wildman–Crippen LogP) is 1.72. The number of hydrogen-bond acceptors (Lipinski definition) is 3. The minimum Gasteiger partial charge on any atom is -0.392 e. The molecule has 0 amide bonds. The van der Waals surface area contributed by atoms with Gasteiger partial charge in [0.2, 0.25) is 10.0 Å². The maximum atomic E-state index is 11.6. The number of halogens is 1. The topological polar surface area (TPSA) is 72.2 Å². The van der Waals surface area contributed by atoms with Crippen LogP contribution in [0.15, 0.2) is 28.7 Å². The average Bonchev–Trinajstić information content (AvgIpc) is 2.14. The molecule has 0 radical (unpaired) electrons. The van der Waals surface area contributed by atoms with E-state index in [9.17, 15) is 8.42 Å². The lowest BCUT2D eigenvalue weighted by Gasteiger charge is -2.14. The molecular weight excluding hydrogens is 324 g/mol. The molecule has 17 heavy (non-hydrogen) atoms. The highest BCUT2D eigenvalue weighted by atomic mass is 79.9. The molecule has 3 N–H and O–H groups in total. The maximum absolute atomic E-state index is 11.6. The van der Waals surface area contributed by atoms with Gasteiger partial charge in [0, 0.05) is 10.5 Å². The largest absolute Gasteiger partial charge is 0.392 e. The van der Waals surface area contributed by atoms with E-state index in [-0.39, 0.29) is 16.8 Å². The van der Waals surface area contributed by atoms with Crippen LogP contribution in [-0.4, -0.2) is 19.2 Å². The van der Waals surface area contributed by atoms with Crippen LogP contribution in [0.1, 0.15) is 18.5 Å². The van der Waals surface area contributed by atoms with Crippen molar-refractivity contribution >= 4 is 43.2 Å². The van der Waals surface area contributed by atoms with Crippen molar-refractivity contribution < 1.29 is 8.42 Å². The minimum absolute atomic E-state index is 0.0426. The number of rotatable bonds is 5. The van der Waals surface area contributed by atoms with Gasteiger partial charge in [0.15, 0.2) is 0 Å². The van der Waals surface area contributed by atoms with E-state index in [1.807, 2.05) is 24.3 Å². The van der Waals surface area contributed by atoms with Crippen LogP contribution in [0.5, 0.6) is 0 Å². The first-order chi connectivity index (χ1) is 7.80. The van der Waals surface area contributed by atoms with Crippen LogP contribution >= 0.6 is 28.1 Å². The van der Waals surface area contributed by atoms with Crippen LogP contribution < -0.4 is 10.5 Å². The van der Waals surface area contributed by atoms with Gasteiger partial charge < -0.3 is 5.73 Å². The summed E-state index contributed by atoms with van der Waals surface area (Å²) in [6.45, 7) is 1.76. The molecule has 0 aliphatic rings. The van der Waals surface area contributed by atoms with Gasteiger partial charge in [-0.1, -0.05) is 40.3 Å². The third kappa shape index (κ3) is 5.12. The van der Waals surface area contributed by atoms with Gasteiger partial charge in [0.25, 0.3) is 0 Å². The summed E-state index contributed by atoms with van der Waals surface area (Å²) in [6.07, 6.45) is 0. The van der Waals surface area contributed by atoms with Gasteiger partial charge in [-0.05, 0) is 24.6 Å². The number of thiocarbonyl (C=S) groups is 1. The lowest BCUT2D eigenvalue weighted by Crippen LogP contribution is -2.34. The Morgan fingerprint density at radius 1 is 1.59 bits per heavy atom. The van der Waals surface area contributed by atoms with Crippen LogP contribution in [0.2, 0.25) is 0 Å². The normalized spacial score (nSPS) is 13.3. The van der Waals surface area contributed by atoms with Gasteiger partial charge in [0.05, 0.1) is 4.99 Å². The fourth-order valence-corrected chi connectivity index (χ4v) is 3.36. The molecule has 1 aromatic rings. The third-order valence-corrected chi connectivity index (χ3v) is 4.26. The molecule has 7 heteroatoms. The Bertz CT molecular complexity index is 517. The van der Waals surface area contributed by atoms with Crippen molar-refractivity contribution in [2.24, 2.45) is 5.73 Å². The van der Waals surface area contributed by atoms with E-state index in [1.165, 1.54) is 0 Å². The van der Waals surface area contributed by atoms with E-state index in [0.717, 1.165) is 10.0 Å². The minimum atomic E-state index is -3.47. The summed E-state index contributed by atoms with van der Waals surface area (Å²) in [6, 6.07) is 7.09. The smallest absolute Gasteiger partial charge is 0.218 e. The van der Waals surface area contributed by atoms with Crippen LogP contribution in [0.25, 0.3) is 0 Å². The first kappa shape index (κ1) is 14.6. The Morgan fingerprint density at radius 3 is 2.76 bits per heavy atom. The summed E-state index contributed by atoms with van der Waals surface area (Å²) in [4.78, 5) is -0.0426. The lowest BCUT2D eigenvalue weighted by molar-refractivity contribution is 0.571. The summed E-state index contributed by atoms with van der Waals surface area (Å²) in [5.74, 6) is -0.333. The maximum Gasteiger partial charge on any atom is 0.218 e. The number of hydrogen-bond donors (Lipinski definition) is 2. The van der Waals surface area contributed by atoms with Crippen molar-refractivity contribution in [1.82, 2.24) is 4.72 Å². The molecule has 0 bridgehead atoms. The van der Waals surface area contributed by atoms with E-state index in [0.29, 0.717) is 0 Å². The molecule has 1 rings (SSSR count). The Balaban J connectivity index is 2.79. The second-order valence-electron chi connectivity index (χ2n) is 3.62. The van der Waals surface area contributed by atoms with Crippen molar-refractivity contribution in [2.45, 2.75) is 13.0 Å². The van der Waals surface area contributed by atoms with Crippen molar-refractivity contribution in [2.75, 3.05) is 5.75 Å². The number of nitrogens with two attached hydrogens (primary N) is 1. The molecule has 4 nitrogen and oxygen atoms in total. The molecule has 0 spiro atoms. The summed E-state index contributed by atoms with van der Waals surface area (Å²) in [5.41, 5.74) is 6.09. The standard InChI is InChI=1S/C10H13BrN2O2S2/c1-7(8-3-2-4-9(11)5-8)13-17(14,15)6-10(12)16/h2-5,7,13H,6H2,1H3,(H2,12,16). The van der Waals surface area contributed by atoms with Crippen molar-refractivity contribution in [3.63, 3.8) is 0 Å². The first-order valence-electron chi connectivity index (χ1n) is 4.84. The molecule has 0 saturated carbocycles. The predicted molar refractivity (Wildman–Crippen MR) is 76.3 cm³/mol. The highest BCUT2D eigenvalue weighted by molar-refractivity contribution is 9.10. The van der Waals surface area contributed by atoms with E-state index in [2.05, 4.69) is 32.9 Å². The second-order valence-corrected chi connectivity index (χ2v) is 6.81. The molecule has 0 fully saturated rings. The monoisotopic (exact) mass is 336 g/mol. The fraction of sp³-hybridized carbons (Fsp3) is 0.300. The van der Waals surface area contributed by atoms with Crippen molar-refractivity contribution in [3.8, 4) is 0 Å². The number of nitrogens with one attached hydrogen (secondary N) is 1. The quantitative estimate of drug-likeness (QED) is 0.803. The molecular formula is C10H13BrN2O2S2. The zero-order valence-electron chi connectivity index (χ0n) is 9.18. The first-order valence-corrected chi connectivity index (χ1v) is 7.69. The zero-order valence-corrected chi connectivity index (χ0v) is 12.4. The molecule has 94 valence electrons. The van der Waals surface area contributed by atoms with E-state index >= 15 is 0 Å². The molecule has 1 unspecified atom stereocenters. The fourth-order valence-electron chi connectivity index (χ4n) is 1.34. The van der Waals surface area contributed by atoms with Crippen LogP contribution in [0.3, 0.4) is 0 Å². The molecule has 0 aromatic heterocycles. The molecule has 0 aliphatic carbocycles. The van der Waals surface area contributed by atoms with Crippen LogP contribution in [0.4, 0.5) is 0 Å². The molecule has 1 atom stereocenters. The third-order valence-electron chi connectivity index (χ3n) is 2.04. The summed E-state index contributed by atoms with van der Waals surface area (Å²) in [7, 11) is -3.47. The zero-order chi connectivity index (χ0) is 13.1. The van der Waals surface area contributed by atoms with Gasteiger partial charge >= 0.3 is 0 Å². The summed E-state index contributed by atoms with van der Waals surface area (Å²) < 4.78 is 26.7. The summed E-state index contributed by atoms with van der Waals surface area (Å²) >= 11 is 7.92. The highest BCUT2D eigenvalue weighted by Crippen LogP contribution is 2.18. The molecule has 0 saturated heterocycles. The van der Waals surface area contributed by atoms with E-state index < -0.39 is 10.0 Å². The lowest BCUT2D eigenvalue weighted by atomic mass is 10.1. The van der Waals surface area contributed by atoms with Gasteiger partial charge in [-0.25, -0.2) is 13.1 Å². The molecule has 0 aliphatic heterocycles. The van der Waals surface area contributed by atoms with Crippen molar-refractivity contribution in [3.05, 3.63) is 34.3 Å². The Morgan fingerprint density at radius 2 is 2.24 bits per heavy atom. The second kappa shape index (κ2) is 5.90. The summed E-state index contributed by atoms with van der Waals surface area (Å²) in [5, 5.41) is 0. The highest BCUT2D eigenvalue weighted by Gasteiger charge is 2.16. The van der Waals surface area contributed by atoms with E-state index in [4.69, 9.17) is 5.73 Å². The van der Waals surface area contributed by atoms with E-state index in [1.54, 1.807) is 6.92 Å². The average molecular weight is 337 g/mol. The van der Waals surface area contributed by atoms with Gasteiger partial charge in [-0.15, -0.1) is 0 Å². The number of benzene rings is 1. The van der Waals surface area contributed by atoms with Crippen LogP contribution in [-0.2, 0) is 10.0 Å². The molecule has 1 aromatic carbocycles. The Hall–Kier alpha value is -0.500. The van der Waals surface area contributed by atoms with Crippen molar-refractivity contribution in [1.29, 1.82) is 0 Å². The van der Waals surface area contributed by atoms with Gasteiger partial charge in [0.1, 0.15) is 5.75 Å². The SMILES string of the molecule is CC(NS(=O)(=O)CC(N)=S)c1cccc(Br)c1. The Kier molecular flexibility index (Phi) is 5.05. The van der Waals surface area contributed by atoms with Gasteiger partial charge in [-0.2, -0.15) is 0 Å².